The van der Waals surface area contributed by atoms with E-state index < -0.39 is 11.7 Å². The fraction of sp³-hybridized carbons (Fsp3) is 0.278. The predicted octanol–water partition coefficient (Wildman–Crippen LogP) is 4.17. The molecule has 1 saturated heterocycles. The van der Waals surface area contributed by atoms with Crippen LogP contribution in [0.25, 0.3) is 10.1 Å². The van der Waals surface area contributed by atoms with E-state index in [1.54, 1.807) is 11.1 Å². The molecule has 1 N–H and O–H groups in total. The highest BCUT2D eigenvalue weighted by molar-refractivity contribution is 7.22. The molecular formula is C18H15F3N4OS. The summed E-state index contributed by atoms with van der Waals surface area (Å²) in [4.78, 5) is 22.1. The van der Waals surface area contributed by atoms with Gasteiger partial charge in [0, 0.05) is 48.3 Å². The van der Waals surface area contributed by atoms with Gasteiger partial charge in [-0.15, -0.1) is 11.3 Å². The first-order valence-corrected chi connectivity index (χ1v) is 9.16. The van der Waals surface area contributed by atoms with Crippen LogP contribution in [-0.2, 0) is 12.7 Å². The largest absolute Gasteiger partial charge is 0.417 e. The second kappa shape index (κ2) is 6.80. The quantitative estimate of drug-likeness (QED) is 0.724. The summed E-state index contributed by atoms with van der Waals surface area (Å²) in [6.45, 7) is 1.69. The van der Waals surface area contributed by atoms with Crippen molar-refractivity contribution < 1.29 is 18.0 Å². The van der Waals surface area contributed by atoms with Crippen LogP contribution in [-0.4, -0.2) is 33.9 Å². The van der Waals surface area contributed by atoms with Gasteiger partial charge in [-0.3, -0.25) is 14.8 Å². The van der Waals surface area contributed by atoms with E-state index in [1.165, 1.54) is 17.5 Å². The molecule has 0 unspecified atom stereocenters. The van der Waals surface area contributed by atoms with Crippen LogP contribution in [0, 0.1) is 0 Å². The van der Waals surface area contributed by atoms with Crippen LogP contribution in [0.5, 0.6) is 0 Å². The zero-order valence-electron chi connectivity index (χ0n) is 14.1. The van der Waals surface area contributed by atoms with E-state index in [0.717, 1.165) is 46.9 Å². The van der Waals surface area contributed by atoms with Crippen LogP contribution in [0.3, 0.4) is 0 Å². The Kier molecular flexibility index (Phi) is 4.47. The summed E-state index contributed by atoms with van der Waals surface area (Å²) in [5.41, 5.74) is 0.0688. The van der Waals surface area contributed by atoms with Gasteiger partial charge < -0.3 is 10.2 Å². The van der Waals surface area contributed by atoms with Gasteiger partial charge in [-0.2, -0.15) is 13.2 Å². The minimum Gasteiger partial charge on any atom is -0.373 e. The molecule has 1 aliphatic rings. The van der Waals surface area contributed by atoms with Crippen LogP contribution < -0.4 is 5.32 Å². The Labute approximate surface area is 156 Å². The molecule has 0 bridgehead atoms. The maximum absolute atomic E-state index is 12.8. The standard InChI is InChI=1S/C18H15F3N4OS/c19-18(20,21)12-6-11(8-22-10-12)9-24-15-7-13-14(27-15)2-3-23-16(13)17(26)25-4-1-5-25/h2-3,6-8,10,24H,1,4-5,9H2. The summed E-state index contributed by atoms with van der Waals surface area (Å²) in [6, 6.07) is 4.72. The molecule has 0 aliphatic carbocycles. The van der Waals surface area contributed by atoms with Crippen molar-refractivity contribution in [2.45, 2.75) is 19.1 Å². The predicted molar refractivity (Wildman–Crippen MR) is 96.7 cm³/mol. The number of carbonyl (C=O) groups excluding carboxylic acids is 1. The van der Waals surface area contributed by atoms with E-state index in [-0.39, 0.29) is 12.5 Å². The summed E-state index contributed by atoms with van der Waals surface area (Å²) in [5.74, 6) is -0.0849. The number of carbonyl (C=O) groups is 1. The first-order valence-electron chi connectivity index (χ1n) is 8.34. The lowest BCUT2D eigenvalue weighted by atomic mass is 10.1. The third kappa shape index (κ3) is 3.59. The number of hydrogen-bond acceptors (Lipinski definition) is 5. The Morgan fingerprint density at radius 1 is 1.26 bits per heavy atom. The summed E-state index contributed by atoms with van der Waals surface area (Å²) >= 11 is 1.43. The molecule has 3 aromatic rings. The van der Waals surface area contributed by atoms with Gasteiger partial charge in [0.1, 0.15) is 5.69 Å². The lowest BCUT2D eigenvalue weighted by Gasteiger charge is -2.30. The van der Waals surface area contributed by atoms with E-state index in [1.807, 2.05) is 12.1 Å². The highest BCUT2D eigenvalue weighted by Gasteiger charge is 2.31. The van der Waals surface area contributed by atoms with Crippen LogP contribution >= 0.6 is 11.3 Å². The number of hydrogen-bond donors (Lipinski definition) is 1. The molecule has 5 nitrogen and oxygen atoms in total. The van der Waals surface area contributed by atoms with Gasteiger partial charge in [-0.25, -0.2) is 0 Å². The Hall–Kier alpha value is -2.68. The summed E-state index contributed by atoms with van der Waals surface area (Å²) in [5, 5.41) is 4.62. The highest BCUT2D eigenvalue weighted by Crippen LogP contribution is 2.33. The Balaban J connectivity index is 1.54. The maximum atomic E-state index is 12.8. The van der Waals surface area contributed by atoms with Crippen molar-refractivity contribution in [2.24, 2.45) is 0 Å². The van der Waals surface area contributed by atoms with Gasteiger partial charge >= 0.3 is 6.18 Å². The molecule has 4 heterocycles. The number of halogens is 3. The zero-order valence-corrected chi connectivity index (χ0v) is 14.9. The van der Waals surface area contributed by atoms with Crippen molar-refractivity contribution in [3.8, 4) is 0 Å². The Bertz CT molecular complexity index is 998. The van der Waals surface area contributed by atoms with Gasteiger partial charge in [-0.1, -0.05) is 0 Å². The number of pyridine rings is 2. The molecule has 0 atom stereocenters. The molecule has 1 fully saturated rings. The van der Waals surface area contributed by atoms with Crippen molar-refractivity contribution in [2.75, 3.05) is 18.4 Å². The van der Waals surface area contributed by atoms with Crippen molar-refractivity contribution in [1.82, 2.24) is 14.9 Å². The molecule has 4 rings (SSSR count). The van der Waals surface area contributed by atoms with Gasteiger partial charge in [0.05, 0.1) is 10.6 Å². The topological polar surface area (TPSA) is 58.1 Å². The van der Waals surface area contributed by atoms with Gasteiger partial charge in [0.2, 0.25) is 0 Å². The van der Waals surface area contributed by atoms with Crippen molar-refractivity contribution in [3.05, 3.63) is 53.6 Å². The first kappa shape index (κ1) is 17.7. The molecule has 0 spiro atoms. The van der Waals surface area contributed by atoms with Crippen molar-refractivity contribution in [1.29, 1.82) is 0 Å². The Morgan fingerprint density at radius 3 is 2.78 bits per heavy atom. The van der Waals surface area contributed by atoms with Crippen LogP contribution in [0.1, 0.15) is 28.0 Å². The monoisotopic (exact) mass is 392 g/mol. The molecule has 1 aliphatic heterocycles. The molecule has 0 saturated carbocycles. The molecule has 0 aromatic carbocycles. The molecule has 27 heavy (non-hydrogen) atoms. The number of amides is 1. The number of aromatic nitrogens is 2. The van der Waals surface area contributed by atoms with E-state index in [9.17, 15) is 18.0 Å². The lowest BCUT2D eigenvalue weighted by molar-refractivity contribution is -0.137. The van der Waals surface area contributed by atoms with Gasteiger partial charge in [-0.05, 0) is 30.2 Å². The van der Waals surface area contributed by atoms with E-state index in [4.69, 9.17) is 0 Å². The fourth-order valence-electron chi connectivity index (χ4n) is 2.82. The molecule has 0 radical (unpaired) electrons. The minimum atomic E-state index is -4.42. The van der Waals surface area contributed by atoms with E-state index in [2.05, 4.69) is 15.3 Å². The molecule has 3 aromatic heterocycles. The second-order valence-electron chi connectivity index (χ2n) is 6.26. The minimum absolute atomic E-state index is 0.0849. The summed E-state index contributed by atoms with van der Waals surface area (Å²) in [6.07, 6.45) is 0.395. The second-order valence-corrected chi connectivity index (χ2v) is 7.34. The average molecular weight is 392 g/mol. The zero-order chi connectivity index (χ0) is 19.0. The van der Waals surface area contributed by atoms with Crippen LogP contribution in [0.15, 0.2) is 36.8 Å². The van der Waals surface area contributed by atoms with Crippen molar-refractivity contribution in [3.63, 3.8) is 0 Å². The van der Waals surface area contributed by atoms with Crippen LogP contribution in [0.4, 0.5) is 18.2 Å². The third-order valence-electron chi connectivity index (χ3n) is 4.38. The molecule has 1 amide bonds. The summed E-state index contributed by atoms with van der Waals surface area (Å²) in [7, 11) is 0. The Morgan fingerprint density at radius 2 is 2.07 bits per heavy atom. The number of anilines is 1. The number of likely N-dealkylation sites (tertiary alicyclic amines) is 1. The number of nitrogens with one attached hydrogen (secondary N) is 1. The SMILES string of the molecule is O=C(c1nccc2sc(NCc3cncc(C(F)(F)F)c3)cc12)N1CCC1. The normalized spacial score (nSPS) is 14.3. The molecule has 9 heteroatoms. The first-order chi connectivity index (χ1) is 12.9. The number of thiophene rings is 1. The maximum Gasteiger partial charge on any atom is 0.417 e. The van der Waals surface area contributed by atoms with E-state index in [0.29, 0.717) is 11.3 Å². The molecular weight excluding hydrogens is 377 g/mol. The van der Waals surface area contributed by atoms with Gasteiger partial charge in [0.25, 0.3) is 5.91 Å². The smallest absolute Gasteiger partial charge is 0.373 e. The number of fused-ring (bicyclic) bond motifs is 1. The highest BCUT2D eigenvalue weighted by atomic mass is 32.1. The fourth-order valence-corrected chi connectivity index (χ4v) is 3.77. The number of nitrogens with zero attached hydrogens (tertiary/aromatic N) is 3. The van der Waals surface area contributed by atoms with Gasteiger partial charge in [0.15, 0.2) is 0 Å². The van der Waals surface area contributed by atoms with Crippen LogP contribution in [0.2, 0.25) is 0 Å². The lowest BCUT2D eigenvalue weighted by Crippen LogP contribution is -2.42. The van der Waals surface area contributed by atoms with Crippen molar-refractivity contribution >= 4 is 32.3 Å². The average Bonchev–Trinajstić information content (AvgIpc) is 3.01. The molecule has 140 valence electrons. The number of alkyl halides is 3. The third-order valence-corrected chi connectivity index (χ3v) is 5.44. The summed E-state index contributed by atoms with van der Waals surface area (Å²) < 4.78 is 39.3. The van der Waals surface area contributed by atoms with E-state index >= 15 is 0 Å². The number of rotatable bonds is 4.